The van der Waals surface area contributed by atoms with Gasteiger partial charge in [-0.3, -0.25) is 0 Å². The largest absolute Gasteiger partial charge is 0.493 e. The van der Waals surface area contributed by atoms with Crippen molar-refractivity contribution in [1.82, 2.24) is 0 Å². The Labute approximate surface area is 100 Å². The standard InChI is InChI=1S/C13H16O4/c1-4-9(8-13(14)15)10-5-6-11(16-2)12(7-10)17-3/h5-8H,4H2,1-3H3,(H,14,15)/b9-8+. The molecule has 0 saturated heterocycles. The number of carbonyl (C=O) groups is 1. The minimum atomic E-state index is -0.948. The molecule has 0 saturated carbocycles. The zero-order chi connectivity index (χ0) is 12.8. The second-order valence-corrected chi connectivity index (χ2v) is 3.43. The van der Waals surface area contributed by atoms with Crippen LogP contribution in [-0.4, -0.2) is 25.3 Å². The molecule has 1 aromatic rings. The van der Waals surface area contributed by atoms with Crippen molar-refractivity contribution in [2.75, 3.05) is 14.2 Å². The zero-order valence-electron chi connectivity index (χ0n) is 10.2. The fraction of sp³-hybridized carbons (Fsp3) is 0.308. The highest BCUT2D eigenvalue weighted by molar-refractivity contribution is 5.90. The Kier molecular flexibility index (Phi) is 4.57. The van der Waals surface area contributed by atoms with Crippen LogP contribution in [0.3, 0.4) is 0 Å². The first kappa shape index (κ1) is 13.1. The summed E-state index contributed by atoms with van der Waals surface area (Å²) in [5, 5.41) is 8.77. The molecule has 4 nitrogen and oxygen atoms in total. The number of aliphatic carboxylic acids is 1. The van der Waals surface area contributed by atoms with Crippen molar-refractivity contribution in [2.24, 2.45) is 0 Å². The third kappa shape index (κ3) is 3.24. The number of allylic oxidation sites excluding steroid dienone is 1. The van der Waals surface area contributed by atoms with E-state index in [0.717, 1.165) is 11.1 Å². The number of benzene rings is 1. The summed E-state index contributed by atoms with van der Waals surface area (Å²) in [6, 6.07) is 5.36. The van der Waals surface area contributed by atoms with Crippen LogP contribution < -0.4 is 9.47 Å². The Morgan fingerprint density at radius 2 is 1.94 bits per heavy atom. The van der Waals surface area contributed by atoms with E-state index in [0.29, 0.717) is 17.9 Å². The van der Waals surface area contributed by atoms with E-state index < -0.39 is 5.97 Å². The third-order valence-corrected chi connectivity index (χ3v) is 2.43. The first-order valence-electron chi connectivity index (χ1n) is 5.28. The maximum absolute atomic E-state index is 10.7. The van der Waals surface area contributed by atoms with Crippen molar-refractivity contribution in [2.45, 2.75) is 13.3 Å². The van der Waals surface area contributed by atoms with Crippen LogP contribution in [0.4, 0.5) is 0 Å². The Morgan fingerprint density at radius 3 is 2.41 bits per heavy atom. The summed E-state index contributed by atoms with van der Waals surface area (Å²) < 4.78 is 10.3. The Balaban J connectivity index is 3.18. The van der Waals surface area contributed by atoms with Crippen LogP contribution in [-0.2, 0) is 4.79 Å². The Morgan fingerprint density at radius 1 is 1.29 bits per heavy atom. The molecule has 0 fully saturated rings. The number of ether oxygens (including phenoxy) is 2. The molecule has 0 aliphatic heterocycles. The molecule has 0 radical (unpaired) electrons. The predicted molar refractivity (Wildman–Crippen MR) is 65.4 cm³/mol. The summed E-state index contributed by atoms with van der Waals surface area (Å²) in [4.78, 5) is 10.7. The van der Waals surface area contributed by atoms with Gasteiger partial charge in [-0.1, -0.05) is 13.0 Å². The lowest BCUT2D eigenvalue weighted by molar-refractivity contribution is -0.131. The van der Waals surface area contributed by atoms with Crippen LogP contribution in [0.5, 0.6) is 11.5 Å². The minimum absolute atomic E-state index is 0.592. The molecule has 0 aliphatic carbocycles. The van der Waals surface area contributed by atoms with Gasteiger partial charge in [0.25, 0.3) is 0 Å². The van der Waals surface area contributed by atoms with Gasteiger partial charge in [-0.15, -0.1) is 0 Å². The third-order valence-electron chi connectivity index (χ3n) is 2.43. The average Bonchev–Trinajstić information content (AvgIpc) is 2.34. The monoisotopic (exact) mass is 236 g/mol. The van der Waals surface area contributed by atoms with Crippen molar-refractivity contribution >= 4 is 11.5 Å². The van der Waals surface area contributed by atoms with E-state index in [-0.39, 0.29) is 0 Å². The topological polar surface area (TPSA) is 55.8 Å². The number of hydrogen-bond donors (Lipinski definition) is 1. The van der Waals surface area contributed by atoms with Gasteiger partial charge in [-0.25, -0.2) is 4.79 Å². The molecule has 1 N–H and O–H groups in total. The first-order chi connectivity index (χ1) is 8.12. The lowest BCUT2D eigenvalue weighted by atomic mass is 10.0. The van der Waals surface area contributed by atoms with Crippen LogP contribution in [0.2, 0.25) is 0 Å². The van der Waals surface area contributed by atoms with Gasteiger partial charge >= 0.3 is 5.97 Å². The normalized spacial score (nSPS) is 11.1. The summed E-state index contributed by atoms with van der Waals surface area (Å²) in [5.41, 5.74) is 1.58. The van der Waals surface area contributed by atoms with Crippen molar-refractivity contribution < 1.29 is 19.4 Å². The lowest BCUT2D eigenvalue weighted by Gasteiger charge is -2.10. The van der Waals surface area contributed by atoms with Gasteiger partial charge in [0, 0.05) is 6.08 Å². The van der Waals surface area contributed by atoms with Gasteiger partial charge in [0.1, 0.15) is 0 Å². The minimum Gasteiger partial charge on any atom is -0.493 e. The van der Waals surface area contributed by atoms with E-state index in [1.54, 1.807) is 26.4 Å². The molecular formula is C13H16O4. The number of methoxy groups -OCH3 is 2. The van der Waals surface area contributed by atoms with Crippen molar-refractivity contribution in [1.29, 1.82) is 0 Å². The second-order valence-electron chi connectivity index (χ2n) is 3.43. The second kappa shape index (κ2) is 5.94. The quantitative estimate of drug-likeness (QED) is 0.798. The van der Waals surface area contributed by atoms with Crippen LogP contribution in [0, 0.1) is 0 Å². The number of hydrogen-bond acceptors (Lipinski definition) is 3. The van der Waals surface area contributed by atoms with E-state index in [9.17, 15) is 4.79 Å². The fourth-order valence-corrected chi connectivity index (χ4v) is 1.57. The highest BCUT2D eigenvalue weighted by Crippen LogP contribution is 2.31. The smallest absolute Gasteiger partial charge is 0.328 e. The molecule has 92 valence electrons. The van der Waals surface area contributed by atoms with Gasteiger partial charge in [-0.2, -0.15) is 0 Å². The number of rotatable bonds is 5. The summed E-state index contributed by atoms with van der Waals surface area (Å²) >= 11 is 0. The molecule has 0 aromatic heterocycles. The maximum atomic E-state index is 10.7. The van der Waals surface area contributed by atoms with Gasteiger partial charge in [0.2, 0.25) is 0 Å². The number of carboxylic acids is 1. The van der Waals surface area contributed by atoms with Gasteiger partial charge in [0.15, 0.2) is 11.5 Å². The molecule has 0 amide bonds. The molecule has 0 heterocycles. The molecule has 0 spiro atoms. The Bertz CT molecular complexity index is 435. The number of carboxylic acid groups (broad SMARTS) is 1. The molecule has 1 rings (SSSR count). The first-order valence-corrected chi connectivity index (χ1v) is 5.28. The van der Waals surface area contributed by atoms with Crippen LogP contribution in [0.1, 0.15) is 18.9 Å². The van der Waals surface area contributed by atoms with Gasteiger partial charge < -0.3 is 14.6 Å². The van der Waals surface area contributed by atoms with Crippen LogP contribution >= 0.6 is 0 Å². The molecule has 0 atom stereocenters. The Hall–Kier alpha value is -1.97. The molecule has 1 aromatic carbocycles. The molecule has 4 heteroatoms. The van der Waals surface area contributed by atoms with E-state index in [1.807, 2.05) is 13.0 Å². The SMILES string of the molecule is CC/C(=C\C(=O)O)c1ccc(OC)c(OC)c1. The summed E-state index contributed by atoms with van der Waals surface area (Å²) in [5.74, 6) is 0.272. The summed E-state index contributed by atoms with van der Waals surface area (Å²) in [6.45, 7) is 1.91. The molecule has 17 heavy (non-hydrogen) atoms. The van der Waals surface area contributed by atoms with Crippen LogP contribution in [0.25, 0.3) is 5.57 Å². The highest BCUT2D eigenvalue weighted by atomic mass is 16.5. The predicted octanol–water partition coefficient (Wildman–Crippen LogP) is 2.58. The van der Waals surface area contributed by atoms with E-state index >= 15 is 0 Å². The fourth-order valence-electron chi connectivity index (χ4n) is 1.57. The van der Waals surface area contributed by atoms with E-state index in [4.69, 9.17) is 14.6 Å². The molecule has 0 aliphatic rings. The van der Waals surface area contributed by atoms with Gasteiger partial charge in [-0.05, 0) is 29.7 Å². The van der Waals surface area contributed by atoms with Crippen LogP contribution in [0.15, 0.2) is 24.3 Å². The molecular weight excluding hydrogens is 220 g/mol. The van der Waals surface area contributed by atoms with Crippen molar-refractivity contribution in [3.63, 3.8) is 0 Å². The summed E-state index contributed by atoms with van der Waals surface area (Å²) in [7, 11) is 3.11. The molecule has 0 bridgehead atoms. The van der Waals surface area contributed by atoms with E-state index in [2.05, 4.69) is 0 Å². The molecule has 0 unspecified atom stereocenters. The van der Waals surface area contributed by atoms with Crippen molar-refractivity contribution in [3.05, 3.63) is 29.8 Å². The van der Waals surface area contributed by atoms with E-state index in [1.165, 1.54) is 6.08 Å². The average molecular weight is 236 g/mol. The summed E-state index contributed by atoms with van der Waals surface area (Å²) in [6.07, 6.45) is 1.85. The maximum Gasteiger partial charge on any atom is 0.328 e. The van der Waals surface area contributed by atoms with Gasteiger partial charge in [0.05, 0.1) is 14.2 Å². The zero-order valence-corrected chi connectivity index (χ0v) is 10.2. The van der Waals surface area contributed by atoms with Crippen molar-refractivity contribution in [3.8, 4) is 11.5 Å². The highest BCUT2D eigenvalue weighted by Gasteiger charge is 2.08. The lowest BCUT2D eigenvalue weighted by Crippen LogP contribution is -1.95.